The summed E-state index contributed by atoms with van der Waals surface area (Å²) in [4.78, 5) is 8.56. The van der Waals surface area contributed by atoms with Crippen LogP contribution in [0.5, 0.6) is 0 Å². The topological polar surface area (TPSA) is 32.6 Å². The molecular weight excluding hydrogens is 280 g/mol. The Balaban J connectivity index is 1.57. The number of aromatic nitrogens is 2. The van der Waals surface area contributed by atoms with Crippen molar-refractivity contribution >= 4 is 22.1 Å². The zero-order chi connectivity index (χ0) is 14.2. The molecule has 1 N–H and O–H groups in total. The summed E-state index contributed by atoms with van der Waals surface area (Å²) in [6, 6.07) is 0.743. The normalized spacial score (nSPS) is 20.5. The van der Waals surface area contributed by atoms with Crippen LogP contribution in [-0.4, -0.2) is 28.5 Å². The van der Waals surface area contributed by atoms with Crippen LogP contribution in [0.2, 0.25) is 0 Å². The maximum atomic E-state index is 4.91. The Morgan fingerprint density at radius 2 is 2.10 bits per heavy atom. The van der Waals surface area contributed by atoms with Gasteiger partial charge in [-0.05, 0) is 31.6 Å². The highest BCUT2D eigenvalue weighted by Crippen LogP contribution is 2.30. The fourth-order valence-electron chi connectivity index (χ4n) is 3.32. The van der Waals surface area contributed by atoms with Gasteiger partial charge in [0.1, 0.15) is 0 Å². The van der Waals surface area contributed by atoms with E-state index in [1.54, 1.807) is 11.3 Å². The summed E-state index contributed by atoms with van der Waals surface area (Å²) in [7, 11) is 0. The van der Waals surface area contributed by atoms with Gasteiger partial charge in [0, 0.05) is 37.3 Å². The summed E-state index contributed by atoms with van der Waals surface area (Å²) < 4.78 is 2.28. The Bertz CT molecular complexity index is 605. The number of imidazole rings is 1. The molecule has 1 aliphatic heterocycles. The molecule has 4 rings (SSSR count). The third kappa shape index (κ3) is 2.69. The third-order valence-electron chi connectivity index (χ3n) is 4.97. The van der Waals surface area contributed by atoms with Crippen LogP contribution in [-0.2, 0) is 6.54 Å². The molecule has 114 valence electrons. The first-order chi connectivity index (χ1) is 10.3. The van der Waals surface area contributed by atoms with Gasteiger partial charge >= 0.3 is 0 Å². The van der Waals surface area contributed by atoms with Crippen LogP contribution >= 0.6 is 11.3 Å². The molecule has 3 heterocycles. The second kappa shape index (κ2) is 5.61. The van der Waals surface area contributed by atoms with E-state index in [9.17, 15) is 0 Å². The van der Waals surface area contributed by atoms with Gasteiger partial charge < -0.3 is 10.2 Å². The van der Waals surface area contributed by atoms with Gasteiger partial charge in [0.2, 0.25) is 0 Å². The van der Waals surface area contributed by atoms with Crippen molar-refractivity contribution in [3.05, 3.63) is 17.3 Å². The van der Waals surface area contributed by atoms with Gasteiger partial charge in [-0.3, -0.25) is 4.40 Å². The van der Waals surface area contributed by atoms with E-state index in [0.29, 0.717) is 0 Å². The summed E-state index contributed by atoms with van der Waals surface area (Å²) >= 11 is 1.74. The van der Waals surface area contributed by atoms with E-state index in [1.165, 1.54) is 56.7 Å². The minimum absolute atomic E-state index is 0.743. The molecule has 0 aromatic carbocycles. The van der Waals surface area contributed by atoms with Crippen LogP contribution in [0.1, 0.15) is 44.7 Å². The highest BCUT2D eigenvalue weighted by atomic mass is 32.1. The van der Waals surface area contributed by atoms with Crippen molar-refractivity contribution in [1.82, 2.24) is 14.7 Å². The molecule has 1 saturated heterocycles. The lowest BCUT2D eigenvalue weighted by atomic mass is 9.94. The molecule has 4 nitrogen and oxygen atoms in total. The maximum Gasteiger partial charge on any atom is 0.195 e. The second-order valence-corrected chi connectivity index (χ2v) is 7.30. The second-order valence-electron chi connectivity index (χ2n) is 6.43. The number of hydrogen-bond donors (Lipinski definition) is 1. The average molecular weight is 304 g/mol. The molecule has 2 fully saturated rings. The summed E-state index contributed by atoms with van der Waals surface area (Å²) in [6.07, 6.45) is 8.79. The van der Waals surface area contributed by atoms with Crippen LogP contribution in [0.15, 0.2) is 11.6 Å². The molecule has 1 saturated carbocycles. The Kier molecular flexibility index (Phi) is 3.63. The number of nitrogens with zero attached hydrogens (tertiary/aromatic N) is 3. The SMILES string of the molecule is CCC1CCN(c2nc3sccn3c2CNC2CC2)CC1. The smallest absolute Gasteiger partial charge is 0.195 e. The highest BCUT2D eigenvalue weighted by molar-refractivity contribution is 7.15. The van der Waals surface area contributed by atoms with Gasteiger partial charge in [0.25, 0.3) is 0 Å². The molecule has 0 bridgehead atoms. The van der Waals surface area contributed by atoms with Gasteiger partial charge in [-0.25, -0.2) is 4.98 Å². The molecule has 2 aromatic heterocycles. The lowest BCUT2D eigenvalue weighted by molar-refractivity contribution is 0.393. The Hall–Kier alpha value is -1.07. The van der Waals surface area contributed by atoms with Crippen molar-refractivity contribution in [2.75, 3.05) is 18.0 Å². The summed E-state index contributed by atoms with van der Waals surface area (Å²) in [6.45, 7) is 5.60. The number of hydrogen-bond acceptors (Lipinski definition) is 4. The highest BCUT2D eigenvalue weighted by Gasteiger charge is 2.26. The van der Waals surface area contributed by atoms with Crippen molar-refractivity contribution in [1.29, 1.82) is 0 Å². The number of anilines is 1. The predicted molar refractivity (Wildman–Crippen MR) is 88.2 cm³/mol. The Morgan fingerprint density at radius 3 is 2.81 bits per heavy atom. The van der Waals surface area contributed by atoms with Crippen LogP contribution in [0.4, 0.5) is 5.82 Å². The lowest BCUT2D eigenvalue weighted by Crippen LogP contribution is -2.34. The van der Waals surface area contributed by atoms with Gasteiger partial charge in [-0.2, -0.15) is 0 Å². The fourth-order valence-corrected chi connectivity index (χ4v) is 4.05. The summed E-state index contributed by atoms with van der Waals surface area (Å²) in [5, 5.41) is 5.79. The summed E-state index contributed by atoms with van der Waals surface area (Å²) in [5.74, 6) is 2.14. The van der Waals surface area contributed by atoms with Crippen LogP contribution in [0, 0.1) is 5.92 Å². The molecule has 0 unspecified atom stereocenters. The number of thiazole rings is 1. The minimum Gasteiger partial charge on any atom is -0.355 e. The van der Waals surface area contributed by atoms with E-state index in [4.69, 9.17) is 4.98 Å². The predicted octanol–water partition coefficient (Wildman–Crippen LogP) is 3.27. The minimum atomic E-state index is 0.743. The first-order valence-corrected chi connectivity index (χ1v) is 9.16. The van der Waals surface area contributed by atoms with E-state index in [-0.39, 0.29) is 0 Å². The molecule has 1 aliphatic carbocycles. The number of nitrogens with one attached hydrogen (secondary N) is 1. The van der Waals surface area contributed by atoms with Crippen molar-refractivity contribution < 1.29 is 0 Å². The molecule has 0 amide bonds. The molecule has 21 heavy (non-hydrogen) atoms. The molecule has 0 radical (unpaired) electrons. The zero-order valence-corrected chi connectivity index (χ0v) is 13.5. The number of fused-ring (bicyclic) bond motifs is 1. The van der Waals surface area contributed by atoms with Crippen molar-refractivity contribution in [2.24, 2.45) is 5.92 Å². The van der Waals surface area contributed by atoms with Gasteiger partial charge in [-0.15, -0.1) is 11.3 Å². The fraction of sp³-hybridized carbons (Fsp3) is 0.688. The molecule has 2 aromatic rings. The third-order valence-corrected chi connectivity index (χ3v) is 5.72. The van der Waals surface area contributed by atoms with E-state index in [1.807, 2.05) is 0 Å². The van der Waals surface area contributed by atoms with E-state index < -0.39 is 0 Å². The van der Waals surface area contributed by atoms with Gasteiger partial charge in [0.15, 0.2) is 10.8 Å². The zero-order valence-electron chi connectivity index (χ0n) is 12.7. The largest absolute Gasteiger partial charge is 0.355 e. The Morgan fingerprint density at radius 1 is 1.29 bits per heavy atom. The first-order valence-electron chi connectivity index (χ1n) is 8.28. The molecular formula is C16H24N4S. The van der Waals surface area contributed by atoms with Gasteiger partial charge in [-0.1, -0.05) is 13.3 Å². The molecule has 2 aliphatic rings. The summed E-state index contributed by atoms with van der Waals surface area (Å²) in [5.41, 5.74) is 1.35. The van der Waals surface area contributed by atoms with Crippen molar-refractivity contribution in [3.8, 4) is 0 Å². The van der Waals surface area contributed by atoms with Gasteiger partial charge in [0.05, 0.1) is 5.69 Å². The van der Waals surface area contributed by atoms with Crippen LogP contribution in [0.25, 0.3) is 4.96 Å². The maximum absolute atomic E-state index is 4.91. The monoisotopic (exact) mass is 304 g/mol. The van der Waals surface area contributed by atoms with Crippen LogP contribution < -0.4 is 10.2 Å². The van der Waals surface area contributed by atoms with E-state index in [2.05, 4.69) is 33.1 Å². The number of rotatable bonds is 5. The molecule has 0 atom stereocenters. The quantitative estimate of drug-likeness (QED) is 0.920. The molecule has 0 spiro atoms. The average Bonchev–Trinajstić information content (AvgIpc) is 3.12. The standard InChI is InChI=1S/C16H24N4S/c1-2-12-5-7-19(8-6-12)15-14(11-17-13-3-4-13)20-9-10-21-16(20)18-15/h9-10,12-13,17H,2-8,11H2,1H3. The number of piperidine rings is 1. The van der Waals surface area contributed by atoms with Crippen molar-refractivity contribution in [3.63, 3.8) is 0 Å². The van der Waals surface area contributed by atoms with Crippen molar-refractivity contribution in [2.45, 2.75) is 51.6 Å². The first kappa shape index (κ1) is 13.6. The molecule has 5 heteroatoms. The lowest BCUT2D eigenvalue weighted by Gasteiger charge is -2.32. The van der Waals surface area contributed by atoms with E-state index in [0.717, 1.165) is 23.5 Å². The van der Waals surface area contributed by atoms with E-state index >= 15 is 0 Å². The van der Waals surface area contributed by atoms with Crippen LogP contribution in [0.3, 0.4) is 0 Å². The Labute approximate surface area is 130 Å².